The lowest BCUT2D eigenvalue weighted by Gasteiger charge is -2.35. The Morgan fingerprint density at radius 1 is 1.73 bits per heavy atom. The first kappa shape index (κ1) is 12.7. The van der Waals surface area contributed by atoms with Gasteiger partial charge < -0.3 is 15.4 Å². The summed E-state index contributed by atoms with van der Waals surface area (Å²) < 4.78 is 4.75. The molecule has 0 bridgehead atoms. The first-order valence-electron chi connectivity index (χ1n) is 4.65. The van der Waals surface area contributed by atoms with E-state index in [0.29, 0.717) is 4.99 Å². The van der Waals surface area contributed by atoms with Crippen LogP contribution in [0.15, 0.2) is 0 Å². The summed E-state index contributed by atoms with van der Waals surface area (Å²) in [4.78, 5) is 14.0. The summed E-state index contributed by atoms with van der Waals surface area (Å²) in [5.74, 6) is 0.578. The van der Waals surface area contributed by atoms with E-state index < -0.39 is 0 Å². The monoisotopic (exact) mass is 248 g/mol. The van der Waals surface area contributed by atoms with Crippen LogP contribution in [0, 0.1) is 0 Å². The average molecular weight is 248 g/mol. The Hall–Kier alpha value is -0.330. The van der Waals surface area contributed by atoms with E-state index in [1.54, 1.807) is 11.8 Å². The maximum atomic E-state index is 11.5. The molecule has 0 aromatic heterocycles. The van der Waals surface area contributed by atoms with Gasteiger partial charge in [-0.25, -0.2) is 4.79 Å². The molecule has 86 valence electrons. The zero-order valence-corrected chi connectivity index (χ0v) is 10.8. The van der Waals surface area contributed by atoms with Crippen LogP contribution in [0.25, 0.3) is 0 Å². The molecule has 0 aliphatic carbocycles. The summed E-state index contributed by atoms with van der Waals surface area (Å²) in [7, 11) is 1.39. The summed E-state index contributed by atoms with van der Waals surface area (Å²) in [6.45, 7) is 4.38. The van der Waals surface area contributed by atoms with Crippen LogP contribution in [-0.4, -0.2) is 46.2 Å². The molecule has 1 saturated heterocycles. The molecule has 1 aliphatic heterocycles. The Morgan fingerprint density at radius 2 is 2.33 bits per heavy atom. The number of rotatable bonds is 2. The molecule has 0 spiro atoms. The largest absolute Gasteiger partial charge is 0.467 e. The van der Waals surface area contributed by atoms with Crippen molar-refractivity contribution in [2.75, 3.05) is 19.4 Å². The third-order valence-corrected chi connectivity index (χ3v) is 4.28. The molecule has 1 rings (SSSR count). The zero-order chi connectivity index (χ0) is 11.6. The number of methoxy groups -OCH3 is 1. The minimum Gasteiger partial charge on any atom is -0.467 e. The molecular weight excluding hydrogens is 232 g/mol. The molecular formula is C9H16N2O2S2. The molecule has 0 amide bonds. The second-order valence-electron chi connectivity index (χ2n) is 3.97. The molecule has 2 N–H and O–H groups in total. The van der Waals surface area contributed by atoms with Gasteiger partial charge in [0.15, 0.2) is 5.37 Å². The number of hydrogen-bond donors (Lipinski definition) is 1. The lowest BCUT2D eigenvalue weighted by atomic mass is 10.1. The second-order valence-corrected chi connectivity index (χ2v) is 5.51. The summed E-state index contributed by atoms with van der Waals surface area (Å²) in [6, 6.07) is 0. The standard InChI is InChI=1S/C9H16N2O2S2/c1-9(2)5-15-7(8(12)13-3)11(9)6(14)4-10/h7H,4-5,10H2,1-3H3/t7-/m0/s1. The van der Waals surface area contributed by atoms with Crippen LogP contribution in [-0.2, 0) is 9.53 Å². The molecule has 0 aromatic carbocycles. The molecule has 0 radical (unpaired) electrons. The zero-order valence-electron chi connectivity index (χ0n) is 9.15. The molecule has 1 atom stereocenters. The fourth-order valence-electron chi connectivity index (χ4n) is 1.59. The van der Waals surface area contributed by atoms with Crippen LogP contribution < -0.4 is 5.73 Å². The lowest BCUT2D eigenvalue weighted by Crippen LogP contribution is -2.51. The van der Waals surface area contributed by atoms with E-state index in [1.165, 1.54) is 7.11 Å². The van der Waals surface area contributed by atoms with Gasteiger partial charge in [-0.3, -0.25) is 0 Å². The van der Waals surface area contributed by atoms with Crippen LogP contribution >= 0.6 is 24.0 Å². The van der Waals surface area contributed by atoms with Gasteiger partial charge in [0.05, 0.1) is 12.1 Å². The highest BCUT2D eigenvalue weighted by Gasteiger charge is 2.45. The maximum absolute atomic E-state index is 11.5. The number of esters is 1. The summed E-state index contributed by atoms with van der Waals surface area (Å²) in [5.41, 5.74) is 5.39. The molecule has 6 heteroatoms. The van der Waals surface area contributed by atoms with Gasteiger partial charge in [0.1, 0.15) is 0 Å². The lowest BCUT2D eigenvalue weighted by molar-refractivity contribution is -0.142. The number of carbonyl (C=O) groups is 1. The Kier molecular flexibility index (Phi) is 3.97. The number of nitrogens with two attached hydrogens (primary N) is 1. The van der Waals surface area contributed by atoms with E-state index in [0.717, 1.165) is 5.75 Å². The summed E-state index contributed by atoms with van der Waals surface area (Å²) in [6.07, 6.45) is 0. The summed E-state index contributed by atoms with van der Waals surface area (Å²) >= 11 is 6.73. The minimum atomic E-state index is -0.346. The van der Waals surface area contributed by atoms with Gasteiger partial charge in [0, 0.05) is 17.8 Å². The van der Waals surface area contributed by atoms with Crippen molar-refractivity contribution in [3.8, 4) is 0 Å². The van der Waals surface area contributed by atoms with Gasteiger partial charge in [-0.15, -0.1) is 11.8 Å². The SMILES string of the molecule is COC(=O)[C@@H]1SCC(C)(C)N1C(=S)CN. The second kappa shape index (κ2) is 4.67. The van der Waals surface area contributed by atoms with Crippen molar-refractivity contribution >= 4 is 34.9 Å². The van der Waals surface area contributed by atoms with E-state index in [4.69, 9.17) is 22.7 Å². The topological polar surface area (TPSA) is 55.6 Å². The highest BCUT2D eigenvalue weighted by atomic mass is 32.2. The Bertz CT molecular complexity index is 281. The molecule has 0 unspecified atom stereocenters. The van der Waals surface area contributed by atoms with Crippen molar-refractivity contribution < 1.29 is 9.53 Å². The first-order valence-corrected chi connectivity index (χ1v) is 6.11. The Labute approximate surface area is 99.5 Å². The van der Waals surface area contributed by atoms with Crippen molar-refractivity contribution in [1.82, 2.24) is 4.90 Å². The van der Waals surface area contributed by atoms with Crippen LogP contribution in [0.2, 0.25) is 0 Å². The maximum Gasteiger partial charge on any atom is 0.339 e. The van der Waals surface area contributed by atoms with Crippen LogP contribution in [0.1, 0.15) is 13.8 Å². The van der Waals surface area contributed by atoms with Crippen molar-refractivity contribution in [2.45, 2.75) is 24.8 Å². The van der Waals surface area contributed by atoms with Gasteiger partial charge >= 0.3 is 5.97 Å². The van der Waals surface area contributed by atoms with E-state index in [9.17, 15) is 4.79 Å². The van der Waals surface area contributed by atoms with Gasteiger partial charge in [-0.1, -0.05) is 12.2 Å². The van der Waals surface area contributed by atoms with Crippen LogP contribution in [0.3, 0.4) is 0 Å². The van der Waals surface area contributed by atoms with E-state index >= 15 is 0 Å². The normalized spacial score (nSPS) is 24.0. The molecule has 0 aromatic rings. The number of ether oxygens (including phenoxy) is 1. The molecule has 15 heavy (non-hydrogen) atoms. The van der Waals surface area contributed by atoms with Crippen molar-refractivity contribution in [1.29, 1.82) is 0 Å². The third kappa shape index (κ3) is 2.43. The predicted molar refractivity (Wildman–Crippen MR) is 65.8 cm³/mol. The number of hydrogen-bond acceptors (Lipinski definition) is 5. The molecule has 1 aliphatic rings. The number of carbonyl (C=O) groups excluding carboxylic acids is 1. The number of thiocarbonyl (C=S) groups is 1. The van der Waals surface area contributed by atoms with Gasteiger partial charge in [0.2, 0.25) is 0 Å². The first-order chi connectivity index (χ1) is 6.94. The van der Waals surface area contributed by atoms with Crippen molar-refractivity contribution in [3.05, 3.63) is 0 Å². The molecule has 1 fully saturated rings. The quantitative estimate of drug-likeness (QED) is 0.570. The number of nitrogens with zero attached hydrogens (tertiary/aromatic N) is 1. The van der Waals surface area contributed by atoms with Crippen LogP contribution in [0.4, 0.5) is 0 Å². The van der Waals surface area contributed by atoms with Gasteiger partial charge in [-0.2, -0.15) is 0 Å². The fraction of sp³-hybridized carbons (Fsp3) is 0.778. The van der Waals surface area contributed by atoms with Crippen molar-refractivity contribution in [2.24, 2.45) is 5.73 Å². The Balaban J connectivity index is 2.91. The highest BCUT2D eigenvalue weighted by Crippen LogP contribution is 2.37. The summed E-state index contributed by atoms with van der Waals surface area (Å²) in [5, 5.41) is -0.346. The van der Waals surface area contributed by atoms with E-state index in [1.807, 2.05) is 18.7 Å². The van der Waals surface area contributed by atoms with Gasteiger partial charge in [-0.05, 0) is 13.8 Å². The smallest absolute Gasteiger partial charge is 0.339 e. The molecule has 1 heterocycles. The average Bonchev–Trinajstić information content (AvgIpc) is 2.52. The minimum absolute atomic E-state index is 0.139. The Morgan fingerprint density at radius 3 is 2.80 bits per heavy atom. The van der Waals surface area contributed by atoms with Gasteiger partial charge in [0.25, 0.3) is 0 Å². The predicted octanol–water partition coefficient (Wildman–Crippen LogP) is 0.599. The number of thioether (sulfide) groups is 1. The molecule has 4 nitrogen and oxygen atoms in total. The van der Waals surface area contributed by atoms with E-state index in [-0.39, 0.29) is 23.4 Å². The fourth-order valence-corrected chi connectivity index (χ4v) is 3.50. The van der Waals surface area contributed by atoms with Crippen LogP contribution in [0.5, 0.6) is 0 Å². The highest BCUT2D eigenvalue weighted by molar-refractivity contribution is 8.01. The third-order valence-electron chi connectivity index (χ3n) is 2.33. The van der Waals surface area contributed by atoms with E-state index in [2.05, 4.69) is 0 Å². The van der Waals surface area contributed by atoms with Crippen molar-refractivity contribution in [3.63, 3.8) is 0 Å². The molecule has 0 saturated carbocycles.